The molecule has 1 aromatic carbocycles. The molecule has 10 nitrogen and oxygen atoms in total. The van der Waals surface area contributed by atoms with Gasteiger partial charge in [0.1, 0.15) is 0 Å². The van der Waals surface area contributed by atoms with Crippen LogP contribution in [0.1, 0.15) is 21.7 Å². The molecule has 0 atom stereocenters. The summed E-state index contributed by atoms with van der Waals surface area (Å²) in [7, 11) is -3.66. The summed E-state index contributed by atoms with van der Waals surface area (Å²) in [6.07, 6.45) is 6.39. The van der Waals surface area contributed by atoms with Gasteiger partial charge < -0.3 is 10.1 Å². The van der Waals surface area contributed by atoms with Crippen molar-refractivity contribution in [2.24, 2.45) is 0 Å². The van der Waals surface area contributed by atoms with Gasteiger partial charge in [-0.2, -0.15) is 21.8 Å². The highest BCUT2D eigenvalue weighted by Gasteiger charge is 2.36. The summed E-state index contributed by atoms with van der Waals surface area (Å²) in [6, 6.07) is 8.84. The van der Waals surface area contributed by atoms with Gasteiger partial charge in [-0.1, -0.05) is 23.7 Å². The SMILES string of the molecule is O=C(c1ncc(-c2cc[n+]([O-])cc2)cn1)N1CCN(S(=O)(=O)N2CCc3c(Cl)cccc3C2)CC1. The van der Waals surface area contributed by atoms with Crippen molar-refractivity contribution in [1.82, 2.24) is 23.5 Å². The second-order valence-electron chi connectivity index (χ2n) is 8.40. The number of benzene rings is 1. The van der Waals surface area contributed by atoms with Crippen LogP contribution in [0.15, 0.2) is 55.1 Å². The van der Waals surface area contributed by atoms with Gasteiger partial charge in [0, 0.05) is 74.4 Å². The molecule has 35 heavy (non-hydrogen) atoms. The lowest BCUT2D eigenvalue weighted by atomic mass is 10.0. The Morgan fingerprint density at radius 3 is 2.31 bits per heavy atom. The first-order valence-corrected chi connectivity index (χ1v) is 12.9. The molecule has 0 saturated carbocycles. The van der Waals surface area contributed by atoms with E-state index in [9.17, 15) is 18.4 Å². The maximum atomic E-state index is 13.2. The number of carbonyl (C=O) groups excluding carboxylic acids is 1. The molecular weight excluding hydrogens is 492 g/mol. The van der Waals surface area contributed by atoms with E-state index >= 15 is 0 Å². The number of halogens is 1. The summed E-state index contributed by atoms with van der Waals surface area (Å²) in [5.41, 5.74) is 3.37. The average molecular weight is 515 g/mol. The zero-order valence-corrected chi connectivity index (χ0v) is 20.3. The molecule has 0 N–H and O–H groups in total. The first kappa shape index (κ1) is 23.6. The fourth-order valence-corrected chi connectivity index (χ4v) is 6.22. The number of piperazine rings is 1. The maximum absolute atomic E-state index is 13.2. The molecule has 4 heterocycles. The lowest BCUT2D eigenvalue weighted by Gasteiger charge is -2.38. The highest BCUT2D eigenvalue weighted by molar-refractivity contribution is 7.86. The lowest BCUT2D eigenvalue weighted by molar-refractivity contribution is -0.605. The molecular formula is C23H23ClN6O4S. The van der Waals surface area contributed by atoms with Crippen LogP contribution in [0.3, 0.4) is 0 Å². The monoisotopic (exact) mass is 514 g/mol. The van der Waals surface area contributed by atoms with E-state index in [4.69, 9.17) is 11.6 Å². The molecule has 1 fully saturated rings. The molecule has 2 aliphatic heterocycles. The Morgan fingerprint density at radius 2 is 1.63 bits per heavy atom. The topological polar surface area (TPSA) is 114 Å². The molecule has 0 bridgehead atoms. The molecule has 0 spiro atoms. The van der Waals surface area contributed by atoms with Crippen molar-refractivity contribution in [3.63, 3.8) is 0 Å². The zero-order chi connectivity index (χ0) is 24.6. The van der Waals surface area contributed by atoms with E-state index in [1.54, 1.807) is 17.0 Å². The Morgan fingerprint density at radius 1 is 0.943 bits per heavy atom. The first-order chi connectivity index (χ1) is 16.8. The lowest BCUT2D eigenvalue weighted by Crippen LogP contribution is -2.54. The summed E-state index contributed by atoms with van der Waals surface area (Å²) >= 11 is 6.26. The van der Waals surface area contributed by atoms with Crippen molar-refractivity contribution in [3.8, 4) is 11.1 Å². The zero-order valence-electron chi connectivity index (χ0n) is 18.7. The summed E-state index contributed by atoms with van der Waals surface area (Å²) in [5, 5.41) is 11.9. The van der Waals surface area contributed by atoms with Crippen molar-refractivity contribution in [2.45, 2.75) is 13.0 Å². The van der Waals surface area contributed by atoms with E-state index in [-0.39, 0.29) is 44.5 Å². The maximum Gasteiger partial charge on any atom is 0.291 e. The molecule has 5 rings (SSSR count). The molecule has 3 aromatic rings. The quantitative estimate of drug-likeness (QED) is 0.385. The van der Waals surface area contributed by atoms with Crippen LogP contribution in [-0.4, -0.2) is 70.5 Å². The van der Waals surface area contributed by atoms with Crippen LogP contribution >= 0.6 is 11.6 Å². The summed E-state index contributed by atoms with van der Waals surface area (Å²) in [6.45, 7) is 1.56. The third-order valence-corrected chi connectivity index (χ3v) is 8.67. The average Bonchev–Trinajstić information content (AvgIpc) is 2.89. The van der Waals surface area contributed by atoms with E-state index in [2.05, 4.69) is 9.97 Å². The molecule has 182 valence electrons. The largest absolute Gasteiger partial charge is 0.619 e. The van der Waals surface area contributed by atoms with Crippen LogP contribution in [0.4, 0.5) is 0 Å². The van der Waals surface area contributed by atoms with E-state index in [0.29, 0.717) is 28.3 Å². The number of carbonyl (C=O) groups is 1. The number of hydrogen-bond acceptors (Lipinski definition) is 6. The highest BCUT2D eigenvalue weighted by atomic mass is 35.5. The van der Waals surface area contributed by atoms with Crippen LogP contribution < -0.4 is 4.73 Å². The van der Waals surface area contributed by atoms with Gasteiger partial charge in [-0.05, 0) is 29.2 Å². The normalized spacial score (nSPS) is 17.2. The van der Waals surface area contributed by atoms with Gasteiger partial charge in [0.2, 0.25) is 5.82 Å². The Bertz CT molecular complexity index is 1340. The van der Waals surface area contributed by atoms with Crippen LogP contribution in [0, 0.1) is 5.21 Å². The molecule has 0 unspecified atom stereocenters. The molecule has 0 aliphatic carbocycles. The Hall–Kier alpha value is -3.12. The number of nitrogens with zero attached hydrogens (tertiary/aromatic N) is 6. The number of aromatic nitrogens is 3. The van der Waals surface area contributed by atoms with Gasteiger partial charge in [0.15, 0.2) is 12.4 Å². The summed E-state index contributed by atoms with van der Waals surface area (Å²) < 4.78 is 30.1. The molecule has 2 aromatic heterocycles. The predicted octanol–water partition coefficient (Wildman–Crippen LogP) is 1.49. The number of amides is 1. The van der Waals surface area contributed by atoms with Crippen LogP contribution in [-0.2, 0) is 23.2 Å². The summed E-state index contributed by atoms with van der Waals surface area (Å²) in [4.78, 5) is 22.8. The minimum atomic E-state index is -3.66. The van der Waals surface area contributed by atoms with E-state index in [0.717, 1.165) is 16.7 Å². The molecule has 2 aliphatic rings. The van der Waals surface area contributed by atoms with E-state index < -0.39 is 10.2 Å². The first-order valence-electron chi connectivity index (χ1n) is 11.1. The van der Waals surface area contributed by atoms with Gasteiger partial charge in [-0.15, -0.1) is 0 Å². The minimum absolute atomic E-state index is 0.0457. The van der Waals surface area contributed by atoms with Crippen molar-refractivity contribution in [1.29, 1.82) is 0 Å². The number of rotatable bonds is 4. The number of pyridine rings is 1. The third-order valence-electron chi connectivity index (χ3n) is 6.33. The van der Waals surface area contributed by atoms with Crippen LogP contribution in [0.5, 0.6) is 0 Å². The number of hydrogen-bond donors (Lipinski definition) is 0. The summed E-state index contributed by atoms with van der Waals surface area (Å²) in [5.74, 6) is -0.301. The van der Waals surface area contributed by atoms with E-state index in [1.807, 2.05) is 18.2 Å². The van der Waals surface area contributed by atoms with Gasteiger partial charge in [0.25, 0.3) is 16.1 Å². The predicted molar refractivity (Wildman–Crippen MR) is 128 cm³/mol. The number of fused-ring (bicyclic) bond motifs is 1. The Kier molecular flexibility index (Phi) is 6.41. The van der Waals surface area contributed by atoms with Crippen molar-refractivity contribution in [3.05, 3.63) is 82.3 Å². The van der Waals surface area contributed by atoms with Crippen LogP contribution in [0.25, 0.3) is 11.1 Å². The third kappa shape index (κ3) is 4.72. The van der Waals surface area contributed by atoms with Crippen molar-refractivity contribution >= 4 is 27.7 Å². The standard InChI is InChI=1S/C23H23ClN6O4S/c24-21-3-1-2-18-16-30(9-6-20(18)21)35(33,34)29-12-10-27(11-13-29)23(31)22-25-14-19(15-26-22)17-4-7-28(32)8-5-17/h1-5,7-8,14-15H,6,9-13,16H2. The molecule has 12 heteroatoms. The van der Waals surface area contributed by atoms with E-state index in [1.165, 1.54) is 33.4 Å². The van der Waals surface area contributed by atoms with Crippen molar-refractivity contribution in [2.75, 3.05) is 32.7 Å². The minimum Gasteiger partial charge on any atom is -0.619 e. The molecule has 1 saturated heterocycles. The fraction of sp³-hybridized carbons (Fsp3) is 0.304. The highest BCUT2D eigenvalue weighted by Crippen LogP contribution is 2.28. The second-order valence-corrected chi connectivity index (χ2v) is 10.7. The van der Waals surface area contributed by atoms with Gasteiger partial charge in [-0.3, -0.25) is 4.79 Å². The Balaban J connectivity index is 1.21. The second kappa shape index (κ2) is 9.50. The van der Waals surface area contributed by atoms with Crippen molar-refractivity contribution < 1.29 is 17.9 Å². The fourth-order valence-electron chi connectivity index (χ4n) is 4.35. The molecule has 1 amide bonds. The van der Waals surface area contributed by atoms with Crippen LogP contribution in [0.2, 0.25) is 5.02 Å². The van der Waals surface area contributed by atoms with Gasteiger partial charge in [-0.25, -0.2) is 9.97 Å². The van der Waals surface area contributed by atoms with Gasteiger partial charge in [0.05, 0.1) is 0 Å². The Labute approximate surface area is 208 Å². The van der Waals surface area contributed by atoms with Gasteiger partial charge >= 0.3 is 0 Å². The molecule has 0 radical (unpaired) electrons. The smallest absolute Gasteiger partial charge is 0.291 e.